The van der Waals surface area contributed by atoms with Crippen LogP contribution in [0.4, 0.5) is 0 Å². The van der Waals surface area contributed by atoms with E-state index in [1.54, 1.807) is 12.1 Å². The maximum Gasteiger partial charge on any atom is 0.193 e. The Bertz CT molecular complexity index is 841. The van der Waals surface area contributed by atoms with Crippen molar-refractivity contribution in [2.45, 2.75) is 6.92 Å². The molecule has 3 rings (SSSR count). The fraction of sp³-hybridized carbons (Fsp3) is 0.0556. The lowest BCUT2D eigenvalue weighted by Crippen LogP contribution is -1.99. The summed E-state index contributed by atoms with van der Waals surface area (Å²) in [5.41, 5.74) is 2.88. The first-order valence-corrected chi connectivity index (χ1v) is 6.50. The van der Waals surface area contributed by atoms with Crippen molar-refractivity contribution < 1.29 is 4.42 Å². The molecule has 0 spiro atoms. The summed E-state index contributed by atoms with van der Waals surface area (Å²) in [5, 5.41) is 0.611. The first-order chi connectivity index (χ1) is 9.72. The highest BCUT2D eigenvalue weighted by Gasteiger charge is 2.01. The van der Waals surface area contributed by atoms with Gasteiger partial charge in [0.2, 0.25) is 0 Å². The van der Waals surface area contributed by atoms with Crippen molar-refractivity contribution in [1.29, 1.82) is 0 Å². The van der Waals surface area contributed by atoms with Gasteiger partial charge in [0.1, 0.15) is 11.3 Å². The Morgan fingerprint density at radius 3 is 2.65 bits per heavy atom. The van der Waals surface area contributed by atoms with E-state index < -0.39 is 0 Å². The van der Waals surface area contributed by atoms with Crippen LogP contribution >= 0.6 is 0 Å². The Morgan fingerprint density at radius 2 is 1.80 bits per heavy atom. The maximum absolute atomic E-state index is 12.0. The lowest BCUT2D eigenvalue weighted by Gasteiger charge is -1.99. The van der Waals surface area contributed by atoms with E-state index in [9.17, 15) is 4.79 Å². The SMILES string of the molecule is Cc1cccc(C=Cc2cc(=O)c3ccccc3o2)c1. The van der Waals surface area contributed by atoms with E-state index >= 15 is 0 Å². The predicted octanol–water partition coefficient (Wildman–Crippen LogP) is 4.27. The summed E-state index contributed by atoms with van der Waals surface area (Å²) in [6, 6.07) is 16.9. The van der Waals surface area contributed by atoms with Crippen molar-refractivity contribution in [2.24, 2.45) is 0 Å². The van der Waals surface area contributed by atoms with Crippen molar-refractivity contribution >= 4 is 23.1 Å². The zero-order valence-electron chi connectivity index (χ0n) is 11.2. The molecule has 0 amide bonds. The van der Waals surface area contributed by atoms with Gasteiger partial charge in [0.05, 0.1) is 5.39 Å². The van der Waals surface area contributed by atoms with Crippen LogP contribution in [0.3, 0.4) is 0 Å². The molecule has 20 heavy (non-hydrogen) atoms. The largest absolute Gasteiger partial charge is 0.456 e. The van der Waals surface area contributed by atoms with Gasteiger partial charge < -0.3 is 4.42 Å². The van der Waals surface area contributed by atoms with Crippen molar-refractivity contribution in [1.82, 2.24) is 0 Å². The summed E-state index contributed by atoms with van der Waals surface area (Å²) in [5.74, 6) is 0.565. The predicted molar refractivity (Wildman–Crippen MR) is 82.6 cm³/mol. The zero-order valence-corrected chi connectivity index (χ0v) is 11.2. The van der Waals surface area contributed by atoms with Crippen LogP contribution in [0.2, 0.25) is 0 Å². The van der Waals surface area contributed by atoms with Crippen LogP contribution in [-0.2, 0) is 0 Å². The van der Waals surface area contributed by atoms with Crippen LogP contribution in [0.1, 0.15) is 16.9 Å². The monoisotopic (exact) mass is 262 g/mol. The van der Waals surface area contributed by atoms with E-state index in [1.807, 2.05) is 49.4 Å². The molecular formula is C18H14O2. The lowest BCUT2D eigenvalue weighted by molar-refractivity contribution is 0.591. The molecule has 0 saturated carbocycles. The number of hydrogen-bond donors (Lipinski definition) is 0. The molecule has 1 heterocycles. The summed E-state index contributed by atoms with van der Waals surface area (Å²) in [4.78, 5) is 12.0. The Kier molecular flexibility index (Phi) is 3.21. The van der Waals surface area contributed by atoms with E-state index in [2.05, 4.69) is 6.07 Å². The van der Waals surface area contributed by atoms with E-state index in [0.29, 0.717) is 16.7 Å². The van der Waals surface area contributed by atoms with Gasteiger partial charge in [0.25, 0.3) is 0 Å². The van der Waals surface area contributed by atoms with E-state index in [1.165, 1.54) is 11.6 Å². The Hall–Kier alpha value is -2.61. The summed E-state index contributed by atoms with van der Waals surface area (Å²) >= 11 is 0. The van der Waals surface area contributed by atoms with Crippen LogP contribution in [0.15, 0.2) is 63.8 Å². The average molecular weight is 262 g/mol. The third kappa shape index (κ3) is 2.54. The van der Waals surface area contributed by atoms with Crippen molar-refractivity contribution in [3.8, 4) is 0 Å². The zero-order chi connectivity index (χ0) is 13.9. The first kappa shape index (κ1) is 12.4. The standard InChI is InChI=1S/C18H14O2/c1-13-5-4-6-14(11-13)9-10-15-12-17(19)16-7-2-3-8-18(16)20-15/h2-12H,1H3. The molecule has 0 fully saturated rings. The Balaban J connectivity index is 2.01. The number of para-hydroxylation sites is 1. The molecule has 2 nitrogen and oxygen atoms in total. The summed E-state index contributed by atoms with van der Waals surface area (Å²) in [7, 11) is 0. The highest BCUT2D eigenvalue weighted by Crippen LogP contribution is 2.14. The van der Waals surface area contributed by atoms with Gasteiger partial charge in [-0.2, -0.15) is 0 Å². The quantitative estimate of drug-likeness (QED) is 0.690. The smallest absolute Gasteiger partial charge is 0.193 e. The van der Waals surface area contributed by atoms with E-state index in [-0.39, 0.29) is 5.43 Å². The normalized spacial score (nSPS) is 11.2. The van der Waals surface area contributed by atoms with E-state index in [4.69, 9.17) is 4.42 Å². The van der Waals surface area contributed by atoms with Gasteiger partial charge in [0.15, 0.2) is 5.43 Å². The van der Waals surface area contributed by atoms with Gasteiger partial charge in [-0.3, -0.25) is 4.79 Å². The van der Waals surface area contributed by atoms with Gasteiger partial charge in [-0.25, -0.2) is 0 Å². The number of benzene rings is 2. The molecule has 2 aromatic carbocycles. The second kappa shape index (κ2) is 5.17. The lowest BCUT2D eigenvalue weighted by atomic mass is 10.1. The molecule has 3 aromatic rings. The van der Waals surface area contributed by atoms with Crippen LogP contribution in [0.25, 0.3) is 23.1 Å². The summed E-state index contributed by atoms with van der Waals surface area (Å²) in [6.07, 6.45) is 3.77. The molecule has 0 saturated heterocycles. The fourth-order valence-corrected chi connectivity index (χ4v) is 2.16. The molecule has 98 valence electrons. The Labute approximate surface area is 117 Å². The van der Waals surface area contributed by atoms with Crippen molar-refractivity contribution in [3.05, 3.63) is 81.7 Å². The molecule has 0 atom stereocenters. The first-order valence-electron chi connectivity index (χ1n) is 6.50. The van der Waals surface area contributed by atoms with Gasteiger partial charge in [-0.1, -0.05) is 48.0 Å². The number of fused-ring (bicyclic) bond motifs is 1. The second-order valence-corrected chi connectivity index (χ2v) is 4.76. The van der Waals surface area contributed by atoms with E-state index in [0.717, 1.165) is 5.56 Å². The molecule has 1 aromatic heterocycles. The molecule has 0 aliphatic rings. The van der Waals surface area contributed by atoms with Gasteiger partial charge in [0, 0.05) is 6.07 Å². The number of hydrogen-bond acceptors (Lipinski definition) is 2. The van der Waals surface area contributed by atoms with Crippen LogP contribution < -0.4 is 5.43 Å². The highest BCUT2D eigenvalue weighted by atomic mass is 16.3. The molecule has 0 unspecified atom stereocenters. The van der Waals surface area contributed by atoms with Gasteiger partial charge >= 0.3 is 0 Å². The molecule has 0 radical (unpaired) electrons. The number of aryl methyl sites for hydroxylation is 1. The van der Waals surface area contributed by atoms with Crippen LogP contribution in [0, 0.1) is 6.92 Å². The molecule has 0 aliphatic heterocycles. The second-order valence-electron chi connectivity index (χ2n) is 4.76. The summed E-state index contributed by atoms with van der Waals surface area (Å²) < 4.78 is 5.71. The molecular weight excluding hydrogens is 248 g/mol. The Morgan fingerprint density at radius 1 is 0.950 bits per heavy atom. The maximum atomic E-state index is 12.0. The third-order valence-corrected chi connectivity index (χ3v) is 3.14. The minimum atomic E-state index is -0.0178. The van der Waals surface area contributed by atoms with Crippen LogP contribution in [0.5, 0.6) is 0 Å². The topological polar surface area (TPSA) is 30.2 Å². The molecule has 0 aliphatic carbocycles. The van der Waals surface area contributed by atoms with Crippen molar-refractivity contribution in [2.75, 3.05) is 0 Å². The van der Waals surface area contributed by atoms with Gasteiger partial charge in [-0.05, 0) is 30.7 Å². The average Bonchev–Trinajstić information content (AvgIpc) is 2.45. The van der Waals surface area contributed by atoms with Crippen molar-refractivity contribution in [3.63, 3.8) is 0 Å². The molecule has 2 heteroatoms. The fourth-order valence-electron chi connectivity index (χ4n) is 2.16. The summed E-state index contributed by atoms with van der Waals surface area (Å²) in [6.45, 7) is 2.05. The minimum absolute atomic E-state index is 0.0178. The molecule has 0 N–H and O–H groups in total. The third-order valence-electron chi connectivity index (χ3n) is 3.14. The highest BCUT2D eigenvalue weighted by molar-refractivity contribution is 5.78. The minimum Gasteiger partial charge on any atom is -0.456 e. The van der Waals surface area contributed by atoms with Gasteiger partial charge in [-0.15, -0.1) is 0 Å². The van der Waals surface area contributed by atoms with Crippen LogP contribution in [-0.4, -0.2) is 0 Å². The molecule has 0 bridgehead atoms. The number of rotatable bonds is 2.